The molecule has 0 saturated carbocycles. The van der Waals surface area contributed by atoms with Crippen molar-refractivity contribution in [3.8, 4) is 0 Å². The van der Waals surface area contributed by atoms with E-state index in [0.29, 0.717) is 0 Å². The molecular weight excluding hydrogens is 322 g/mol. The van der Waals surface area contributed by atoms with E-state index in [1.807, 2.05) is 0 Å². The summed E-state index contributed by atoms with van der Waals surface area (Å²) in [5.74, 6) is 5.36. The number of ether oxygens (including phenoxy) is 1. The first-order valence-corrected chi connectivity index (χ1v) is 7.23. The molecule has 12 heteroatoms. The lowest BCUT2D eigenvalue weighted by Gasteiger charge is -2.39. The van der Waals surface area contributed by atoms with Gasteiger partial charge in [-0.1, -0.05) is 0 Å². The van der Waals surface area contributed by atoms with Crippen LogP contribution >= 0.6 is 0 Å². The number of rotatable bonds is 3. The molecule has 6 N–H and O–H groups in total. The Balaban J connectivity index is 1.84. The van der Waals surface area contributed by atoms with Crippen LogP contribution < -0.4 is 17.2 Å². The summed E-state index contributed by atoms with van der Waals surface area (Å²) in [6, 6.07) is 0. The van der Waals surface area contributed by atoms with Gasteiger partial charge in [0.15, 0.2) is 23.5 Å². The Labute approximate surface area is 134 Å². The Morgan fingerprint density at radius 1 is 1.62 bits per heavy atom. The molecule has 130 valence electrons. The SMILES string of the molecule is CN1C[C@]2(CO)O[C@@H](n3cnc4c(=O)[nH]c(N)nc43)C(O1)C2ON. The van der Waals surface area contributed by atoms with Crippen LogP contribution in [0.15, 0.2) is 11.1 Å². The number of aliphatic hydroxyl groups excluding tert-OH is 1. The summed E-state index contributed by atoms with van der Waals surface area (Å²) in [6.45, 7) is -0.0699. The van der Waals surface area contributed by atoms with E-state index in [1.54, 1.807) is 12.1 Å². The first-order valence-electron chi connectivity index (χ1n) is 7.23. The quantitative estimate of drug-likeness (QED) is 0.438. The Hall–Kier alpha value is -2.09. The predicted molar refractivity (Wildman–Crippen MR) is 79.1 cm³/mol. The number of H-pyrrole nitrogens is 1. The van der Waals surface area contributed by atoms with Crippen molar-refractivity contribution < 1.29 is 19.5 Å². The summed E-state index contributed by atoms with van der Waals surface area (Å²) < 4.78 is 7.56. The monoisotopic (exact) mass is 339 g/mol. The Morgan fingerprint density at radius 2 is 2.42 bits per heavy atom. The zero-order chi connectivity index (χ0) is 17.1. The minimum atomic E-state index is -1.07. The highest BCUT2D eigenvalue weighted by molar-refractivity contribution is 5.70. The predicted octanol–water partition coefficient (Wildman–Crippen LogP) is -2.53. The fraction of sp³-hybridized carbons (Fsp3) is 0.583. The number of nitrogen functional groups attached to an aromatic ring is 1. The lowest BCUT2D eigenvalue weighted by Crippen LogP contribution is -2.60. The van der Waals surface area contributed by atoms with Crippen LogP contribution in [-0.4, -0.2) is 67.7 Å². The number of nitrogens with two attached hydrogens (primary N) is 2. The minimum absolute atomic E-state index is 0.0447. The van der Waals surface area contributed by atoms with E-state index in [-0.39, 0.29) is 30.3 Å². The van der Waals surface area contributed by atoms with Crippen LogP contribution in [0, 0.1) is 0 Å². The molecule has 0 radical (unpaired) electrons. The zero-order valence-corrected chi connectivity index (χ0v) is 12.7. The number of anilines is 1. The van der Waals surface area contributed by atoms with Gasteiger partial charge in [0.05, 0.1) is 19.5 Å². The van der Waals surface area contributed by atoms with Gasteiger partial charge < -0.3 is 15.6 Å². The topological polar surface area (TPSA) is 167 Å². The van der Waals surface area contributed by atoms with Crippen LogP contribution in [0.5, 0.6) is 0 Å². The maximum Gasteiger partial charge on any atom is 0.280 e. The number of likely N-dealkylation sites (N-methyl/N-ethyl adjacent to an activating group) is 1. The van der Waals surface area contributed by atoms with Gasteiger partial charge in [0.1, 0.15) is 11.7 Å². The van der Waals surface area contributed by atoms with Crippen LogP contribution in [0.3, 0.4) is 0 Å². The highest BCUT2D eigenvalue weighted by Crippen LogP contribution is 2.44. The van der Waals surface area contributed by atoms with Crippen molar-refractivity contribution >= 4 is 17.1 Å². The van der Waals surface area contributed by atoms with Crippen LogP contribution in [-0.2, 0) is 14.4 Å². The minimum Gasteiger partial charge on any atom is -0.393 e. The molecule has 2 saturated heterocycles. The summed E-state index contributed by atoms with van der Waals surface area (Å²) in [5, 5.41) is 11.4. The number of fused-ring (bicyclic) bond motifs is 3. The zero-order valence-electron chi connectivity index (χ0n) is 12.7. The van der Waals surface area contributed by atoms with Gasteiger partial charge in [-0.3, -0.25) is 24.0 Å². The van der Waals surface area contributed by atoms with Gasteiger partial charge in [-0.25, -0.2) is 10.9 Å². The average Bonchev–Trinajstić information content (AvgIpc) is 3.03. The Bertz CT molecular complexity index is 837. The van der Waals surface area contributed by atoms with E-state index in [4.69, 9.17) is 26.0 Å². The van der Waals surface area contributed by atoms with Crippen LogP contribution in [0.25, 0.3) is 11.2 Å². The number of imidazole rings is 1. The summed E-state index contributed by atoms with van der Waals surface area (Å²) in [5.41, 5.74) is 4.44. The van der Waals surface area contributed by atoms with E-state index in [0.717, 1.165) is 0 Å². The molecule has 4 atom stereocenters. The number of aromatic nitrogens is 4. The molecule has 0 amide bonds. The summed E-state index contributed by atoms with van der Waals surface area (Å²) >= 11 is 0. The van der Waals surface area contributed by atoms with E-state index >= 15 is 0 Å². The fourth-order valence-corrected chi connectivity index (χ4v) is 3.40. The first kappa shape index (κ1) is 15.4. The fourth-order valence-electron chi connectivity index (χ4n) is 3.40. The molecule has 2 unspecified atom stereocenters. The van der Waals surface area contributed by atoms with Crippen molar-refractivity contribution in [2.24, 2.45) is 5.90 Å². The molecule has 2 bridgehead atoms. The Kier molecular flexibility index (Phi) is 3.35. The Morgan fingerprint density at radius 3 is 3.12 bits per heavy atom. The number of hydrogen-bond donors (Lipinski definition) is 4. The molecule has 4 rings (SSSR count). The number of aromatic amines is 1. The number of hydrogen-bond acceptors (Lipinski definition) is 10. The third kappa shape index (κ3) is 1.98. The van der Waals surface area contributed by atoms with Crippen molar-refractivity contribution in [2.75, 3.05) is 25.9 Å². The van der Waals surface area contributed by atoms with Gasteiger partial charge >= 0.3 is 0 Å². The molecule has 0 spiro atoms. The largest absolute Gasteiger partial charge is 0.393 e. The molecular formula is C12H17N7O5. The van der Waals surface area contributed by atoms with Gasteiger partial charge in [-0.15, -0.1) is 0 Å². The second kappa shape index (κ2) is 5.20. The maximum absolute atomic E-state index is 11.9. The highest BCUT2D eigenvalue weighted by atomic mass is 16.8. The number of aliphatic hydroxyl groups is 1. The molecule has 0 aliphatic carbocycles. The standard InChI is InChI=1S/C12H17N7O5/c1-18-2-12(3-20)7(23-14)6(24-18)10(22-12)19-4-15-5-8(19)16-11(13)17-9(5)21/h4,6-7,10,20H,2-3,14H2,1H3,(H3,13,16,17,21)/t6?,7?,10-,12-/m1/s1. The number of hydroxylamine groups is 2. The second-order valence-electron chi connectivity index (χ2n) is 5.92. The molecule has 2 aliphatic rings. The molecule has 4 heterocycles. The number of nitrogens with one attached hydrogen (secondary N) is 1. The van der Waals surface area contributed by atoms with Crippen LogP contribution in [0.4, 0.5) is 5.95 Å². The summed E-state index contributed by atoms with van der Waals surface area (Å²) in [4.78, 5) is 33.3. The molecule has 2 aromatic rings. The lowest BCUT2D eigenvalue weighted by molar-refractivity contribution is -0.267. The van der Waals surface area contributed by atoms with Gasteiger partial charge in [0, 0.05) is 7.05 Å². The molecule has 2 aliphatic heterocycles. The second-order valence-corrected chi connectivity index (χ2v) is 5.92. The van der Waals surface area contributed by atoms with Crippen molar-refractivity contribution in [3.63, 3.8) is 0 Å². The van der Waals surface area contributed by atoms with E-state index in [1.165, 1.54) is 10.9 Å². The summed E-state index contributed by atoms with van der Waals surface area (Å²) in [6.07, 6.45) is -0.727. The van der Waals surface area contributed by atoms with Crippen molar-refractivity contribution in [1.29, 1.82) is 0 Å². The van der Waals surface area contributed by atoms with Gasteiger partial charge in [-0.2, -0.15) is 10.0 Å². The lowest BCUT2D eigenvalue weighted by atomic mass is 9.94. The molecule has 2 aromatic heterocycles. The first-order chi connectivity index (χ1) is 11.5. The average molecular weight is 339 g/mol. The van der Waals surface area contributed by atoms with E-state index in [2.05, 4.69) is 15.0 Å². The third-order valence-corrected chi connectivity index (χ3v) is 4.38. The molecule has 2 fully saturated rings. The summed E-state index contributed by atoms with van der Waals surface area (Å²) in [7, 11) is 1.71. The van der Waals surface area contributed by atoms with Gasteiger partial charge in [0.25, 0.3) is 5.56 Å². The number of nitrogens with zero attached hydrogens (tertiary/aromatic N) is 4. The molecule has 12 nitrogen and oxygen atoms in total. The van der Waals surface area contributed by atoms with Gasteiger partial charge in [-0.05, 0) is 0 Å². The maximum atomic E-state index is 11.9. The van der Waals surface area contributed by atoms with Crippen molar-refractivity contribution in [1.82, 2.24) is 24.6 Å². The van der Waals surface area contributed by atoms with E-state index in [9.17, 15) is 9.90 Å². The van der Waals surface area contributed by atoms with Crippen molar-refractivity contribution in [2.45, 2.75) is 24.0 Å². The smallest absolute Gasteiger partial charge is 0.280 e. The van der Waals surface area contributed by atoms with E-state index < -0.39 is 29.6 Å². The molecule has 0 aromatic carbocycles. The van der Waals surface area contributed by atoms with Crippen LogP contribution in [0.1, 0.15) is 6.23 Å². The molecule has 24 heavy (non-hydrogen) atoms. The van der Waals surface area contributed by atoms with Crippen LogP contribution in [0.2, 0.25) is 0 Å². The highest BCUT2D eigenvalue weighted by Gasteiger charge is 2.61. The third-order valence-electron chi connectivity index (χ3n) is 4.38. The van der Waals surface area contributed by atoms with Gasteiger partial charge in [0.2, 0.25) is 5.95 Å². The normalized spacial score (nSPS) is 33.4. The van der Waals surface area contributed by atoms with Crippen molar-refractivity contribution in [3.05, 3.63) is 16.7 Å².